The Balaban J connectivity index is 2.39. The topological polar surface area (TPSA) is 96.4 Å². The molecule has 24 heavy (non-hydrogen) atoms. The number of hydrogen-bond acceptors (Lipinski definition) is 5. The number of carbonyl (C=O) groups excluding carboxylic acids is 2. The van der Waals surface area contributed by atoms with Gasteiger partial charge < -0.3 is 10.1 Å². The Hall–Kier alpha value is -2.96. The number of aromatic amines is 1. The fourth-order valence-corrected chi connectivity index (χ4v) is 2.15. The highest BCUT2D eigenvalue weighted by Gasteiger charge is 2.17. The van der Waals surface area contributed by atoms with Gasteiger partial charge in [0.1, 0.15) is 5.70 Å². The van der Waals surface area contributed by atoms with E-state index in [1.54, 1.807) is 30.6 Å². The molecule has 0 aliphatic heterocycles. The van der Waals surface area contributed by atoms with Crippen LogP contribution in [0.4, 0.5) is 5.69 Å². The maximum absolute atomic E-state index is 12.5. The number of rotatable bonds is 6. The number of hydrogen-bond donors (Lipinski definition) is 2. The molecule has 0 atom stereocenters. The predicted octanol–water partition coefficient (Wildman–Crippen LogP) is 3.06. The molecule has 1 amide bonds. The number of anilines is 1. The molecule has 0 unspecified atom stereocenters. The Kier molecular flexibility index (Phi) is 5.83. The normalized spacial score (nSPS) is 11.9. The lowest BCUT2D eigenvalue weighted by molar-refractivity contribution is -0.112. The molecule has 0 radical (unpaired) electrons. The van der Waals surface area contributed by atoms with Crippen LogP contribution in [0.5, 0.6) is 0 Å². The zero-order valence-corrected chi connectivity index (χ0v) is 13.9. The third-order valence-corrected chi connectivity index (χ3v) is 3.27. The summed E-state index contributed by atoms with van der Waals surface area (Å²) < 4.78 is 4.79. The lowest BCUT2D eigenvalue weighted by Gasteiger charge is -2.10. The molecule has 0 saturated heterocycles. The highest BCUT2D eigenvalue weighted by atomic mass is 16.5. The molecular formula is C17H20N4O3. The quantitative estimate of drug-likeness (QED) is 0.484. The van der Waals surface area contributed by atoms with Crippen molar-refractivity contribution in [3.05, 3.63) is 35.7 Å². The van der Waals surface area contributed by atoms with E-state index in [0.717, 1.165) is 11.8 Å². The number of nitrogens with one attached hydrogen (secondary N) is 2. The van der Waals surface area contributed by atoms with Crippen molar-refractivity contribution in [3.63, 3.8) is 0 Å². The first kappa shape index (κ1) is 17.4. The summed E-state index contributed by atoms with van der Waals surface area (Å²) in [7, 11) is 1.29. The van der Waals surface area contributed by atoms with Crippen molar-refractivity contribution in [1.29, 1.82) is 0 Å². The standard InChI is InChI=1S/C17H20N4O3/c1-4-6-13(18-7-5-2)16(22)20-15-8-11-10-19-21-14(11)9-12(15)17(23)24-3/h6-10H,4-5H2,1-3H3,(H,19,21)(H,20,22)/b13-6-,18-7?. The van der Waals surface area contributed by atoms with E-state index in [4.69, 9.17) is 4.74 Å². The Bertz CT molecular complexity index is 805. The number of methoxy groups -OCH3 is 1. The van der Waals surface area contributed by atoms with Gasteiger partial charge >= 0.3 is 5.97 Å². The number of aliphatic imine (C=N–C) groups is 1. The Morgan fingerprint density at radius 2 is 2.12 bits per heavy atom. The van der Waals surface area contributed by atoms with Gasteiger partial charge in [-0.05, 0) is 25.0 Å². The van der Waals surface area contributed by atoms with Crippen molar-refractivity contribution < 1.29 is 14.3 Å². The van der Waals surface area contributed by atoms with Crippen LogP contribution < -0.4 is 5.32 Å². The van der Waals surface area contributed by atoms with Gasteiger partial charge in [0.05, 0.1) is 30.1 Å². The highest BCUT2D eigenvalue weighted by Crippen LogP contribution is 2.24. The van der Waals surface area contributed by atoms with Crippen LogP contribution in [-0.4, -0.2) is 35.4 Å². The van der Waals surface area contributed by atoms with Gasteiger partial charge in [-0.2, -0.15) is 5.10 Å². The number of H-pyrrole nitrogens is 1. The van der Waals surface area contributed by atoms with Crippen molar-refractivity contribution in [2.24, 2.45) is 4.99 Å². The number of esters is 1. The maximum Gasteiger partial charge on any atom is 0.340 e. The predicted molar refractivity (Wildman–Crippen MR) is 93.2 cm³/mol. The second kappa shape index (κ2) is 8.05. The number of nitrogens with zero attached hydrogens (tertiary/aromatic N) is 2. The fourth-order valence-electron chi connectivity index (χ4n) is 2.15. The summed E-state index contributed by atoms with van der Waals surface area (Å²) in [5, 5.41) is 10.2. The highest BCUT2D eigenvalue weighted by molar-refractivity contribution is 6.09. The summed E-state index contributed by atoms with van der Waals surface area (Å²) in [6.45, 7) is 3.86. The summed E-state index contributed by atoms with van der Waals surface area (Å²) >= 11 is 0. The molecule has 0 aliphatic rings. The van der Waals surface area contributed by atoms with E-state index in [1.165, 1.54) is 7.11 Å². The molecular weight excluding hydrogens is 308 g/mol. The van der Waals surface area contributed by atoms with Crippen molar-refractivity contribution in [2.45, 2.75) is 26.7 Å². The third-order valence-electron chi connectivity index (χ3n) is 3.27. The Morgan fingerprint density at radius 1 is 1.33 bits per heavy atom. The van der Waals surface area contributed by atoms with E-state index in [9.17, 15) is 9.59 Å². The molecule has 2 N–H and O–H groups in total. The Labute approximate surface area is 139 Å². The first-order valence-electron chi connectivity index (χ1n) is 7.70. The van der Waals surface area contributed by atoms with Crippen LogP contribution in [0.25, 0.3) is 10.9 Å². The lowest BCUT2D eigenvalue weighted by Crippen LogP contribution is -2.16. The van der Waals surface area contributed by atoms with Gasteiger partial charge in [0.2, 0.25) is 0 Å². The molecule has 0 aliphatic carbocycles. The molecule has 7 heteroatoms. The second-order valence-corrected chi connectivity index (χ2v) is 5.02. The van der Waals surface area contributed by atoms with Gasteiger partial charge in [-0.1, -0.05) is 19.9 Å². The number of amides is 1. The third kappa shape index (κ3) is 3.87. The van der Waals surface area contributed by atoms with Gasteiger partial charge in [-0.25, -0.2) is 4.79 Å². The van der Waals surface area contributed by atoms with E-state index in [0.29, 0.717) is 23.3 Å². The van der Waals surface area contributed by atoms with Gasteiger partial charge in [0.15, 0.2) is 0 Å². The van der Waals surface area contributed by atoms with Gasteiger partial charge in [0.25, 0.3) is 5.91 Å². The summed E-state index contributed by atoms with van der Waals surface area (Å²) in [6, 6.07) is 3.28. The number of benzene rings is 1. The van der Waals surface area contributed by atoms with E-state index in [2.05, 4.69) is 20.5 Å². The first-order valence-corrected chi connectivity index (χ1v) is 7.70. The van der Waals surface area contributed by atoms with Crippen molar-refractivity contribution in [2.75, 3.05) is 12.4 Å². The smallest absolute Gasteiger partial charge is 0.340 e. The minimum atomic E-state index is -0.542. The van der Waals surface area contributed by atoms with Gasteiger partial charge in [0, 0.05) is 11.6 Å². The van der Waals surface area contributed by atoms with Crippen molar-refractivity contribution in [1.82, 2.24) is 10.2 Å². The van der Waals surface area contributed by atoms with Gasteiger partial charge in [-0.3, -0.25) is 14.9 Å². The molecule has 1 heterocycles. The maximum atomic E-state index is 12.5. The average molecular weight is 328 g/mol. The van der Waals surface area contributed by atoms with E-state index >= 15 is 0 Å². The zero-order chi connectivity index (χ0) is 17.5. The Morgan fingerprint density at radius 3 is 2.79 bits per heavy atom. The summed E-state index contributed by atoms with van der Waals surface area (Å²) in [4.78, 5) is 28.6. The van der Waals surface area contributed by atoms with Crippen molar-refractivity contribution in [3.8, 4) is 0 Å². The number of fused-ring (bicyclic) bond motifs is 1. The number of ether oxygens (including phenoxy) is 1. The number of aromatic nitrogens is 2. The molecule has 1 aromatic carbocycles. The molecule has 2 rings (SSSR count). The van der Waals surface area contributed by atoms with Crippen LogP contribution in [0.3, 0.4) is 0 Å². The molecule has 0 fully saturated rings. The van der Waals surface area contributed by atoms with Crippen LogP contribution in [0.2, 0.25) is 0 Å². The van der Waals surface area contributed by atoms with E-state index < -0.39 is 5.97 Å². The number of carbonyl (C=O) groups is 2. The molecule has 0 bridgehead atoms. The summed E-state index contributed by atoms with van der Waals surface area (Å²) in [5.41, 5.74) is 1.59. The fraction of sp³-hybridized carbons (Fsp3) is 0.294. The minimum absolute atomic E-state index is 0.248. The summed E-state index contributed by atoms with van der Waals surface area (Å²) in [6.07, 6.45) is 6.42. The van der Waals surface area contributed by atoms with Crippen molar-refractivity contribution >= 4 is 34.7 Å². The number of allylic oxidation sites excluding steroid dienone is 1. The van der Waals surface area contributed by atoms with Crippen LogP contribution >= 0.6 is 0 Å². The zero-order valence-electron chi connectivity index (χ0n) is 13.9. The monoisotopic (exact) mass is 328 g/mol. The molecule has 126 valence electrons. The molecule has 7 nitrogen and oxygen atoms in total. The van der Waals surface area contributed by atoms with Crippen LogP contribution in [0, 0.1) is 0 Å². The van der Waals surface area contributed by atoms with E-state index in [-0.39, 0.29) is 11.5 Å². The minimum Gasteiger partial charge on any atom is -0.465 e. The largest absolute Gasteiger partial charge is 0.465 e. The molecule has 2 aromatic rings. The average Bonchev–Trinajstić information content (AvgIpc) is 3.04. The summed E-state index contributed by atoms with van der Waals surface area (Å²) in [5.74, 6) is -0.922. The second-order valence-electron chi connectivity index (χ2n) is 5.02. The SMILES string of the molecule is CCC=N/C(=C\CC)C(=O)Nc1cc2cn[nH]c2cc1C(=O)OC. The molecule has 0 saturated carbocycles. The van der Waals surface area contributed by atoms with E-state index in [1.807, 2.05) is 13.8 Å². The van der Waals surface area contributed by atoms with Crippen LogP contribution in [0.1, 0.15) is 37.0 Å². The lowest BCUT2D eigenvalue weighted by atomic mass is 10.1. The molecule has 0 spiro atoms. The van der Waals surface area contributed by atoms with Crippen LogP contribution in [-0.2, 0) is 9.53 Å². The van der Waals surface area contributed by atoms with Crippen LogP contribution in [0.15, 0.2) is 35.1 Å². The first-order chi connectivity index (χ1) is 11.6. The van der Waals surface area contributed by atoms with Gasteiger partial charge in [-0.15, -0.1) is 0 Å². The molecule has 1 aromatic heterocycles.